The third-order valence-electron chi connectivity index (χ3n) is 2.66. The van der Waals surface area contributed by atoms with Crippen LogP contribution in [0.25, 0.3) is 0 Å². The quantitative estimate of drug-likeness (QED) is 0.803. The van der Waals surface area contributed by atoms with Crippen LogP contribution in [0.15, 0.2) is 42.7 Å². The van der Waals surface area contributed by atoms with Crippen molar-refractivity contribution in [1.29, 1.82) is 0 Å². The van der Waals surface area contributed by atoms with E-state index in [1.54, 1.807) is 0 Å². The molecule has 0 unspecified atom stereocenters. The Bertz CT molecular complexity index is 811. The molecule has 0 spiro atoms. The van der Waals surface area contributed by atoms with Gasteiger partial charge in [-0.15, -0.1) is 0 Å². The van der Waals surface area contributed by atoms with Crippen LogP contribution >= 0.6 is 0 Å². The summed E-state index contributed by atoms with van der Waals surface area (Å²) in [5.41, 5.74) is 0.238. The lowest BCUT2D eigenvalue weighted by Gasteiger charge is -2.17. The van der Waals surface area contributed by atoms with Crippen LogP contribution in [-0.2, 0) is 10.5 Å². The fraction of sp³-hybridized carbons (Fsp3) is 0.0769. The minimum Gasteiger partial charge on any atom is -0.357 e. The van der Waals surface area contributed by atoms with E-state index in [1.807, 2.05) is 0 Å². The van der Waals surface area contributed by atoms with E-state index in [9.17, 15) is 21.5 Å². The summed E-state index contributed by atoms with van der Waals surface area (Å²) in [5.74, 6) is -1.56. The van der Waals surface area contributed by atoms with Crippen molar-refractivity contribution in [2.75, 3.05) is 11.9 Å². The number of aromatic nitrogens is 1. The van der Waals surface area contributed by atoms with Crippen molar-refractivity contribution < 1.29 is 25.7 Å². The maximum absolute atomic E-state index is 13.2. The number of hydrogen-bond donors (Lipinski definition) is 0. The number of anilines is 1. The van der Waals surface area contributed by atoms with Crippen molar-refractivity contribution in [3.8, 4) is 5.75 Å². The van der Waals surface area contributed by atoms with Gasteiger partial charge < -0.3 is 9.08 Å². The molecule has 1 amide bonds. The van der Waals surface area contributed by atoms with Crippen molar-refractivity contribution in [3.05, 3.63) is 54.1 Å². The molecule has 1 aromatic carbocycles. The van der Waals surface area contributed by atoms with Gasteiger partial charge in [0.1, 0.15) is 5.82 Å². The zero-order valence-corrected chi connectivity index (χ0v) is 12.0. The van der Waals surface area contributed by atoms with Gasteiger partial charge in [0.2, 0.25) is 0 Å². The van der Waals surface area contributed by atoms with Gasteiger partial charge in [-0.1, -0.05) is 9.95 Å². The van der Waals surface area contributed by atoms with Gasteiger partial charge >= 0.3 is 10.5 Å². The number of amides is 1. The second kappa shape index (κ2) is 6.06. The molecule has 0 bridgehead atoms. The second-order valence-corrected chi connectivity index (χ2v) is 5.18. The molecule has 22 heavy (non-hydrogen) atoms. The maximum atomic E-state index is 13.2. The maximum Gasteiger partial charge on any atom is 0.488 e. The number of halogens is 2. The lowest BCUT2D eigenvalue weighted by molar-refractivity contribution is 0.0992. The predicted octanol–water partition coefficient (Wildman–Crippen LogP) is 2.09. The predicted molar refractivity (Wildman–Crippen MR) is 74.0 cm³/mol. The molecule has 0 aliphatic heterocycles. The molecule has 1 heterocycles. The van der Waals surface area contributed by atoms with Crippen molar-refractivity contribution in [2.45, 2.75) is 0 Å². The Morgan fingerprint density at radius 1 is 1.27 bits per heavy atom. The highest BCUT2D eigenvalue weighted by Crippen LogP contribution is 2.19. The van der Waals surface area contributed by atoms with Crippen LogP contribution in [0.4, 0.5) is 14.0 Å². The average Bonchev–Trinajstić information content (AvgIpc) is 2.44. The molecule has 9 heteroatoms. The van der Waals surface area contributed by atoms with Crippen molar-refractivity contribution >= 4 is 22.1 Å². The molecule has 1 aromatic heterocycles. The Labute approximate surface area is 125 Å². The summed E-state index contributed by atoms with van der Waals surface area (Å²) in [6, 6.07) is 6.34. The molecule has 2 rings (SSSR count). The first-order valence-electron chi connectivity index (χ1n) is 5.89. The molecule has 0 N–H and O–H groups in total. The summed E-state index contributed by atoms with van der Waals surface area (Å²) >= 11 is 0. The topological polar surface area (TPSA) is 76.6 Å². The first kappa shape index (κ1) is 15.8. The molecular weight excluding hydrogens is 318 g/mol. The molecule has 0 saturated carbocycles. The van der Waals surface area contributed by atoms with Crippen LogP contribution in [-0.4, -0.2) is 26.4 Å². The van der Waals surface area contributed by atoms with E-state index in [1.165, 1.54) is 25.2 Å². The zero-order chi connectivity index (χ0) is 16.3. The Morgan fingerprint density at radius 2 is 2.00 bits per heavy atom. The molecule has 6 nitrogen and oxygen atoms in total. The van der Waals surface area contributed by atoms with E-state index in [2.05, 4.69) is 9.17 Å². The average molecular weight is 328 g/mol. The molecule has 0 aliphatic rings. The monoisotopic (exact) mass is 328 g/mol. The summed E-state index contributed by atoms with van der Waals surface area (Å²) in [4.78, 5) is 17.0. The molecule has 0 aliphatic carbocycles. The van der Waals surface area contributed by atoms with Gasteiger partial charge in [-0.2, -0.15) is 8.42 Å². The molecular formula is C13H10F2N2O4S. The summed E-state index contributed by atoms with van der Waals surface area (Å²) in [7, 11) is -3.81. The Hall–Kier alpha value is -2.55. The van der Waals surface area contributed by atoms with Gasteiger partial charge in [-0.25, -0.2) is 4.39 Å². The van der Waals surface area contributed by atoms with Gasteiger partial charge in [0.25, 0.3) is 5.91 Å². The number of pyridine rings is 1. The van der Waals surface area contributed by atoms with Gasteiger partial charge in [0, 0.05) is 18.9 Å². The van der Waals surface area contributed by atoms with Gasteiger partial charge in [0.15, 0.2) is 5.75 Å². The van der Waals surface area contributed by atoms with Crippen LogP contribution in [0.3, 0.4) is 0 Å². The largest absolute Gasteiger partial charge is 0.488 e. The Kier molecular flexibility index (Phi) is 4.36. The zero-order valence-electron chi connectivity index (χ0n) is 11.2. The number of rotatable bonds is 4. The third kappa shape index (κ3) is 3.98. The van der Waals surface area contributed by atoms with Crippen LogP contribution in [0, 0.1) is 5.82 Å². The first-order valence-corrected chi connectivity index (χ1v) is 7.20. The second-order valence-electron chi connectivity index (χ2n) is 4.23. The minimum absolute atomic E-state index is 0.0482. The summed E-state index contributed by atoms with van der Waals surface area (Å²) in [6.07, 6.45) is 2.09. The molecule has 0 atom stereocenters. The van der Waals surface area contributed by atoms with Crippen LogP contribution in [0.1, 0.15) is 10.4 Å². The van der Waals surface area contributed by atoms with E-state index >= 15 is 0 Å². The van der Waals surface area contributed by atoms with Crippen molar-refractivity contribution in [2.24, 2.45) is 0 Å². The molecule has 0 fully saturated rings. The highest BCUT2D eigenvalue weighted by Gasteiger charge is 2.17. The van der Waals surface area contributed by atoms with E-state index in [4.69, 9.17) is 0 Å². The number of carbonyl (C=O) groups excluding carboxylic acids is 1. The van der Waals surface area contributed by atoms with Gasteiger partial charge in [0.05, 0.1) is 11.8 Å². The van der Waals surface area contributed by atoms with Crippen molar-refractivity contribution in [3.63, 3.8) is 0 Å². The summed E-state index contributed by atoms with van der Waals surface area (Å²) in [5, 5.41) is 0. The lowest BCUT2D eigenvalue weighted by Crippen LogP contribution is -2.26. The first-order chi connectivity index (χ1) is 10.3. The van der Waals surface area contributed by atoms with Crippen LogP contribution in [0.2, 0.25) is 0 Å². The highest BCUT2D eigenvalue weighted by atomic mass is 32.3. The summed E-state index contributed by atoms with van der Waals surface area (Å²) in [6.45, 7) is 0. The smallest absolute Gasteiger partial charge is 0.357 e. The molecule has 0 radical (unpaired) electrons. The number of carbonyl (C=O) groups is 1. The van der Waals surface area contributed by atoms with Crippen LogP contribution in [0.5, 0.6) is 5.75 Å². The Morgan fingerprint density at radius 3 is 2.64 bits per heavy atom. The van der Waals surface area contributed by atoms with E-state index in [-0.39, 0.29) is 11.3 Å². The van der Waals surface area contributed by atoms with Gasteiger partial charge in [-0.3, -0.25) is 9.78 Å². The van der Waals surface area contributed by atoms with E-state index < -0.39 is 28.0 Å². The number of nitrogens with zero attached hydrogens (tertiary/aromatic N) is 2. The van der Waals surface area contributed by atoms with E-state index in [0.717, 1.165) is 29.4 Å². The Balaban J connectivity index is 2.27. The van der Waals surface area contributed by atoms with E-state index in [0.29, 0.717) is 0 Å². The normalized spacial score (nSPS) is 11.0. The SMILES string of the molecule is CN(C(=O)c1cncc(OS(=O)(=O)F)c1)c1cccc(F)c1. The van der Waals surface area contributed by atoms with Gasteiger partial charge in [-0.05, 0) is 24.3 Å². The fourth-order valence-corrected chi connectivity index (χ4v) is 2.01. The van der Waals surface area contributed by atoms with Crippen LogP contribution < -0.4 is 9.08 Å². The molecule has 0 saturated heterocycles. The minimum atomic E-state index is -5.21. The number of hydrogen-bond acceptors (Lipinski definition) is 5. The highest BCUT2D eigenvalue weighted by molar-refractivity contribution is 7.81. The fourth-order valence-electron chi connectivity index (χ4n) is 1.69. The molecule has 2 aromatic rings. The third-order valence-corrected chi connectivity index (χ3v) is 3.05. The lowest BCUT2D eigenvalue weighted by atomic mass is 10.2. The standard InChI is InChI=1S/C13H10F2N2O4S/c1-17(11-4-2-3-10(14)6-11)13(18)9-5-12(8-16-7-9)21-22(15,19)20/h2-8H,1H3. The van der Waals surface area contributed by atoms with Crippen molar-refractivity contribution in [1.82, 2.24) is 4.98 Å². The number of benzene rings is 1. The summed E-state index contributed by atoms with van der Waals surface area (Å²) < 4.78 is 50.5. The molecule has 116 valence electrons.